The van der Waals surface area contributed by atoms with Gasteiger partial charge in [0, 0.05) is 17.7 Å². The average molecular weight is 401 g/mol. The zero-order chi connectivity index (χ0) is 20.4. The van der Waals surface area contributed by atoms with Gasteiger partial charge in [0.05, 0.1) is 14.1 Å². The second-order valence-electron chi connectivity index (χ2n) is 7.04. The van der Waals surface area contributed by atoms with Crippen molar-refractivity contribution in [3.05, 3.63) is 71.3 Å². The molecule has 0 saturated heterocycles. The minimum Gasteiger partial charge on any atom is -0.350 e. The molecular formula is C22H30N3O2S+. The van der Waals surface area contributed by atoms with E-state index in [0.29, 0.717) is 18.5 Å². The second-order valence-corrected chi connectivity index (χ2v) is 8.03. The fraction of sp³-hybridized carbons (Fsp3) is 0.364. The maximum Gasteiger partial charge on any atom is 0.251 e. The molecule has 0 fully saturated rings. The van der Waals surface area contributed by atoms with E-state index in [-0.39, 0.29) is 11.8 Å². The lowest BCUT2D eigenvalue weighted by atomic mass is 10.1. The highest BCUT2D eigenvalue weighted by atomic mass is 32.2. The van der Waals surface area contributed by atoms with E-state index in [2.05, 4.69) is 30.8 Å². The first-order valence-corrected chi connectivity index (χ1v) is 10.9. The van der Waals surface area contributed by atoms with Crippen LogP contribution in [0.5, 0.6) is 0 Å². The molecule has 2 rings (SSSR count). The molecule has 0 aromatic heterocycles. The third-order valence-electron chi connectivity index (χ3n) is 4.38. The molecule has 150 valence electrons. The van der Waals surface area contributed by atoms with Gasteiger partial charge in [0.2, 0.25) is 5.91 Å². The van der Waals surface area contributed by atoms with Gasteiger partial charge in [0.15, 0.2) is 0 Å². The number of nitrogens with one attached hydrogen (secondary N) is 3. The van der Waals surface area contributed by atoms with Crippen LogP contribution in [0, 0.1) is 0 Å². The van der Waals surface area contributed by atoms with Crippen molar-refractivity contribution < 1.29 is 14.5 Å². The lowest BCUT2D eigenvalue weighted by molar-refractivity contribution is -0.872. The van der Waals surface area contributed by atoms with Crippen LogP contribution in [0.3, 0.4) is 0 Å². The van der Waals surface area contributed by atoms with Crippen LogP contribution in [0.15, 0.2) is 54.6 Å². The predicted molar refractivity (Wildman–Crippen MR) is 115 cm³/mol. The smallest absolute Gasteiger partial charge is 0.251 e. The van der Waals surface area contributed by atoms with E-state index >= 15 is 0 Å². The van der Waals surface area contributed by atoms with Gasteiger partial charge in [-0.25, -0.2) is 0 Å². The molecule has 0 bridgehead atoms. The molecule has 2 aromatic carbocycles. The van der Waals surface area contributed by atoms with Crippen LogP contribution < -0.4 is 15.5 Å². The third kappa shape index (κ3) is 7.02. The standard InChI is InChI=1S/C22H29N3O2S/c1-25(2)16-19-12-8-7-11-18(19)15-23-22(27)20(13-14-28-3)24-21(26)17-9-5-4-6-10-17/h4-12,20H,13-16H2,1-3H3,(H,23,27)(H,24,26)/p+1/t20-/m0/s1. The third-order valence-corrected chi connectivity index (χ3v) is 5.03. The van der Waals surface area contributed by atoms with Crippen molar-refractivity contribution in [1.82, 2.24) is 10.6 Å². The molecular weight excluding hydrogens is 370 g/mol. The van der Waals surface area contributed by atoms with Gasteiger partial charge < -0.3 is 15.5 Å². The Morgan fingerprint density at radius 3 is 2.29 bits per heavy atom. The molecule has 0 unspecified atom stereocenters. The molecule has 28 heavy (non-hydrogen) atoms. The van der Waals surface area contributed by atoms with Crippen molar-refractivity contribution in [2.24, 2.45) is 0 Å². The zero-order valence-electron chi connectivity index (χ0n) is 16.8. The Hall–Kier alpha value is -2.31. The van der Waals surface area contributed by atoms with Crippen molar-refractivity contribution in [3.8, 4) is 0 Å². The van der Waals surface area contributed by atoms with Crippen molar-refractivity contribution in [2.45, 2.75) is 25.6 Å². The van der Waals surface area contributed by atoms with Crippen molar-refractivity contribution in [1.29, 1.82) is 0 Å². The van der Waals surface area contributed by atoms with E-state index in [1.165, 1.54) is 10.5 Å². The first-order valence-electron chi connectivity index (χ1n) is 9.49. The van der Waals surface area contributed by atoms with Crippen molar-refractivity contribution in [2.75, 3.05) is 26.1 Å². The summed E-state index contributed by atoms with van der Waals surface area (Å²) in [4.78, 5) is 26.6. The van der Waals surface area contributed by atoms with Gasteiger partial charge in [-0.1, -0.05) is 42.5 Å². The van der Waals surface area contributed by atoms with Crippen LogP contribution in [-0.2, 0) is 17.9 Å². The van der Waals surface area contributed by atoms with Gasteiger partial charge >= 0.3 is 0 Å². The first kappa shape index (κ1) is 22.0. The molecule has 6 heteroatoms. The van der Waals surface area contributed by atoms with Crippen LogP contribution in [-0.4, -0.2) is 44.0 Å². The fourth-order valence-electron chi connectivity index (χ4n) is 2.92. The molecule has 1 atom stereocenters. The van der Waals surface area contributed by atoms with Crippen molar-refractivity contribution >= 4 is 23.6 Å². The number of carbonyl (C=O) groups excluding carboxylic acids is 2. The van der Waals surface area contributed by atoms with E-state index < -0.39 is 6.04 Å². The summed E-state index contributed by atoms with van der Waals surface area (Å²) in [5.41, 5.74) is 2.88. The summed E-state index contributed by atoms with van der Waals surface area (Å²) < 4.78 is 0. The largest absolute Gasteiger partial charge is 0.350 e. The summed E-state index contributed by atoms with van der Waals surface area (Å²) >= 11 is 1.66. The Labute approximate surface area is 171 Å². The molecule has 2 amide bonds. The number of hydrogen-bond acceptors (Lipinski definition) is 3. The second kappa shape index (κ2) is 11.5. The number of amides is 2. The molecule has 0 radical (unpaired) electrons. The Bertz CT molecular complexity index is 765. The molecule has 5 nitrogen and oxygen atoms in total. The number of quaternary nitrogens is 1. The van der Waals surface area contributed by atoms with E-state index in [1.807, 2.05) is 42.7 Å². The normalized spacial score (nSPS) is 11.9. The molecule has 0 spiro atoms. The Kier molecular flexibility index (Phi) is 9.04. The molecule has 0 aliphatic rings. The molecule has 2 aromatic rings. The van der Waals surface area contributed by atoms with Gasteiger partial charge in [-0.15, -0.1) is 0 Å². The summed E-state index contributed by atoms with van der Waals surface area (Å²) in [6, 6.07) is 16.6. The van der Waals surface area contributed by atoms with E-state index in [1.54, 1.807) is 23.9 Å². The molecule has 0 saturated carbocycles. The summed E-state index contributed by atoms with van der Waals surface area (Å²) in [6.45, 7) is 1.35. The lowest BCUT2D eigenvalue weighted by Gasteiger charge is -2.19. The number of carbonyl (C=O) groups is 2. The average Bonchev–Trinajstić information content (AvgIpc) is 2.70. The molecule has 3 N–H and O–H groups in total. The highest BCUT2D eigenvalue weighted by molar-refractivity contribution is 7.98. The minimum absolute atomic E-state index is 0.148. The lowest BCUT2D eigenvalue weighted by Crippen LogP contribution is -3.04. The number of thioether (sulfide) groups is 1. The van der Waals surface area contributed by atoms with Crippen LogP contribution in [0.2, 0.25) is 0 Å². The van der Waals surface area contributed by atoms with Gasteiger partial charge in [-0.3, -0.25) is 9.59 Å². The van der Waals surface area contributed by atoms with Gasteiger partial charge in [0.1, 0.15) is 12.6 Å². The van der Waals surface area contributed by atoms with Gasteiger partial charge in [-0.05, 0) is 36.1 Å². The highest BCUT2D eigenvalue weighted by Crippen LogP contribution is 2.09. The predicted octanol–water partition coefficient (Wildman–Crippen LogP) is 1.50. The molecule has 0 aliphatic heterocycles. The summed E-state index contributed by atoms with van der Waals surface area (Å²) in [5, 5.41) is 5.89. The Morgan fingerprint density at radius 1 is 1.00 bits per heavy atom. The molecule has 0 heterocycles. The summed E-state index contributed by atoms with van der Waals surface area (Å²) in [7, 11) is 4.21. The summed E-state index contributed by atoms with van der Waals surface area (Å²) in [6.07, 6.45) is 2.59. The van der Waals surface area contributed by atoms with Crippen LogP contribution in [0.1, 0.15) is 27.9 Å². The maximum atomic E-state index is 12.8. The van der Waals surface area contributed by atoms with E-state index in [9.17, 15) is 9.59 Å². The SMILES string of the molecule is CSCC[C@H](NC(=O)c1ccccc1)C(=O)NCc1ccccc1C[NH+](C)C. The monoisotopic (exact) mass is 400 g/mol. The number of hydrogen-bond donors (Lipinski definition) is 3. The number of benzene rings is 2. The highest BCUT2D eigenvalue weighted by Gasteiger charge is 2.21. The van der Waals surface area contributed by atoms with E-state index in [4.69, 9.17) is 0 Å². The maximum absolute atomic E-state index is 12.8. The van der Waals surface area contributed by atoms with Crippen LogP contribution in [0.25, 0.3) is 0 Å². The number of rotatable bonds is 10. The Balaban J connectivity index is 2.02. The van der Waals surface area contributed by atoms with Crippen LogP contribution in [0.4, 0.5) is 0 Å². The van der Waals surface area contributed by atoms with Crippen LogP contribution >= 0.6 is 11.8 Å². The van der Waals surface area contributed by atoms with Crippen molar-refractivity contribution in [3.63, 3.8) is 0 Å². The topological polar surface area (TPSA) is 62.6 Å². The first-order chi connectivity index (χ1) is 13.5. The minimum atomic E-state index is -0.549. The zero-order valence-corrected chi connectivity index (χ0v) is 17.6. The fourth-order valence-corrected chi connectivity index (χ4v) is 3.40. The van der Waals surface area contributed by atoms with E-state index in [0.717, 1.165) is 17.9 Å². The quantitative estimate of drug-likeness (QED) is 0.566. The Morgan fingerprint density at radius 2 is 1.64 bits per heavy atom. The van der Waals surface area contributed by atoms with Gasteiger partial charge in [-0.2, -0.15) is 11.8 Å². The molecule has 0 aliphatic carbocycles. The summed E-state index contributed by atoms with van der Waals surface area (Å²) in [5.74, 6) is 0.428. The van der Waals surface area contributed by atoms with Gasteiger partial charge in [0.25, 0.3) is 5.91 Å².